The minimum absolute atomic E-state index is 0.0220. The summed E-state index contributed by atoms with van der Waals surface area (Å²) < 4.78 is 16.9. The third-order valence-corrected chi connectivity index (χ3v) is 5.16. The van der Waals surface area contributed by atoms with Crippen molar-refractivity contribution in [1.29, 1.82) is 0 Å². The highest BCUT2D eigenvalue weighted by molar-refractivity contribution is 5.83. The van der Waals surface area contributed by atoms with Crippen LogP contribution in [0.4, 0.5) is 0 Å². The average Bonchev–Trinajstić information content (AvgIpc) is 2.59. The van der Waals surface area contributed by atoms with Crippen molar-refractivity contribution in [1.82, 2.24) is 0 Å². The number of methoxy groups -OCH3 is 1. The Kier molecular flexibility index (Phi) is 9.63. The van der Waals surface area contributed by atoms with Crippen molar-refractivity contribution in [2.24, 2.45) is 17.8 Å². The molecule has 5 nitrogen and oxygen atoms in total. The second kappa shape index (κ2) is 11.2. The minimum atomic E-state index is -0.371. The summed E-state index contributed by atoms with van der Waals surface area (Å²) in [6.45, 7) is 9.63. The van der Waals surface area contributed by atoms with Crippen LogP contribution in [0.25, 0.3) is 0 Å². The molecular formula is C21H34O5. The van der Waals surface area contributed by atoms with Gasteiger partial charge in [0.15, 0.2) is 0 Å². The summed E-state index contributed by atoms with van der Waals surface area (Å²) in [6, 6.07) is 0. The molecule has 0 saturated carbocycles. The first-order chi connectivity index (χ1) is 12.3. The van der Waals surface area contributed by atoms with Crippen LogP contribution >= 0.6 is 0 Å². The van der Waals surface area contributed by atoms with Crippen molar-refractivity contribution in [3.05, 3.63) is 24.3 Å². The standard InChI is InChI=1S/C21H34O5/c1-7-9-10-14(3)21(24-6)15(4)18(25-16(5)22)13-19-17(8-2)11-12-20(23)26-19/h7,9,11-12,14-15,17-19,21H,8,10,13H2,1-6H3/b9-7+/t14-,15-,17+,18+,19+,21+/m0/s1. The van der Waals surface area contributed by atoms with Crippen molar-refractivity contribution in [3.63, 3.8) is 0 Å². The Hall–Kier alpha value is -1.62. The summed E-state index contributed by atoms with van der Waals surface area (Å²) in [5.41, 5.74) is 0. The Morgan fingerprint density at radius 1 is 1.38 bits per heavy atom. The molecule has 148 valence electrons. The van der Waals surface area contributed by atoms with Crippen LogP contribution in [-0.4, -0.2) is 37.4 Å². The van der Waals surface area contributed by atoms with Crippen molar-refractivity contribution >= 4 is 11.9 Å². The lowest BCUT2D eigenvalue weighted by atomic mass is 9.83. The summed E-state index contributed by atoms with van der Waals surface area (Å²) >= 11 is 0. The van der Waals surface area contributed by atoms with Crippen LogP contribution in [0.3, 0.4) is 0 Å². The number of hydrogen-bond acceptors (Lipinski definition) is 5. The number of hydrogen-bond donors (Lipinski definition) is 0. The predicted octanol–water partition coefficient (Wildman–Crippen LogP) is 4.07. The molecule has 6 atom stereocenters. The number of cyclic esters (lactones) is 1. The summed E-state index contributed by atoms with van der Waals surface area (Å²) in [7, 11) is 1.69. The summed E-state index contributed by atoms with van der Waals surface area (Å²) in [5.74, 6) is -0.270. The Morgan fingerprint density at radius 3 is 2.62 bits per heavy atom. The van der Waals surface area contributed by atoms with Gasteiger partial charge in [-0.1, -0.05) is 39.0 Å². The van der Waals surface area contributed by atoms with Crippen LogP contribution in [0, 0.1) is 17.8 Å². The first-order valence-corrected chi connectivity index (χ1v) is 9.53. The van der Waals surface area contributed by atoms with E-state index in [1.165, 1.54) is 13.0 Å². The number of ether oxygens (including phenoxy) is 3. The highest BCUT2D eigenvalue weighted by atomic mass is 16.6. The van der Waals surface area contributed by atoms with Gasteiger partial charge in [-0.2, -0.15) is 0 Å². The molecule has 0 aliphatic carbocycles. The summed E-state index contributed by atoms with van der Waals surface area (Å²) in [4.78, 5) is 23.3. The first kappa shape index (κ1) is 22.4. The number of allylic oxidation sites excluding steroid dienone is 2. The zero-order chi connectivity index (χ0) is 19.7. The van der Waals surface area contributed by atoms with Crippen molar-refractivity contribution < 1.29 is 23.8 Å². The van der Waals surface area contributed by atoms with E-state index < -0.39 is 0 Å². The topological polar surface area (TPSA) is 61.8 Å². The molecule has 5 heteroatoms. The lowest BCUT2D eigenvalue weighted by Crippen LogP contribution is -2.42. The van der Waals surface area contributed by atoms with E-state index in [4.69, 9.17) is 14.2 Å². The molecule has 0 bridgehead atoms. The van der Waals surface area contributed by atoms with Gasteiger partial charge in [0.2, 0.25) is 0 Å². The van der Waals surface area contributed by atoms with Crippen LogP contribution in [0.15, 0.2) is 24.3 Å². The van der Waals surface area contributed by atoms with Gasteiger partial charge in [0.1, 0.15) is 12.2 Å². The molecule has 0 amide bonds. The SMILES string of the molecule is C/C=C/C[C@H](C)[C@@H](OC)[C@@H](C)[C@@H](C[C@H]1OC(=O)C=C[C@H]1CC)OC(C)=O. The smallest absolute Gasteiger partial charge is 0.330 e. The molecule has 1 aliphatic rings. The van der Waals surface area contributed by atoms with Crippen LogP contribution in [0.2, 0.25) is 0 Å². The van der Waals surface area contributed by atoms with E-state index in [0.29, 0.717) is 6.42 Å². The fourth-order valence-electron chi connectivity index (χ4n) is 3.70. The van der Waals surface area contributed by atoms with E-state index in [9.17, 15) is 9.59 Å². The van der Waals surface area contributed by atoms with Crippen LogP contribution in [0.1, 0.15) is 53.9 Å². The lowest BCUT2D eigenvalue weighted by Gasteiger charge is -2.36. The third-order valence-electron chi connectivity index (χ3n) is 5.16. The maximum absolute atomic E-state index is 11.7. The molecule has 1 rings (SSSR count). The van der Waals surface area contributed by atoms with E-state index in [1.54, 1.807) is 7.11 Å². The number of carbonyl (C=O) groups is 2. The normalized spacial score (nSPS) is 24.8. The van der Waals surface area contributed by atoms with Gasteiger partial charge in [-0.15, -0.1) is 0 Å². The Labute approximate surface area is 157 Å². The van der Waals surface area contributed by atoms with Crippen LogP contribution < -0.4 is 0 Å². The molecule has 0 N–H and O–H groups in total. The van der Waals surface area contributed by atoms with E-state index >= 15 is 0 Å². The molecule has 0 spiro atoms. The zero-order valence-corrected chi connectivity index (χ0v) is 16.9. The Bertz CT molecular complexity index is 511. The van der Waals surface area contributed by atoms with Crippen molar-refractivity contribution in [2.75, 3.05) is 7.11 Å². The van der Waals surface area contributed by atoms with Crippen LogP contribution in [-0.2, 0) is 23.8 Å². The molecule has 0 aromatic carbocycles. The van der Waals surface area contributed by atoms with Crippen molar-refractivity contribution in [3.8, 4) is 0 Å². The van der Waals surface area contributed by atoms with Gasteiger partial charge >= 0.3 is 11.9 Å². The zero-order valence-electron chi connectivity index (χ0n) is 16.9. The maximum Gasteiger partial charge on any atom is 0.330 e. The average molecular weight is 366 g/mol. The molecule has 26 heavy (non-hydrogen) atoms. The van der Waals surface area contributed by atoms with Crippen LogP contribution in [0.5, 0.6) is 0 Å². The Morgan fingerprint density at radius 2 is 2.08 bits per heavy atom. The second-order valence-electron chi connectivity index (χ2n) is 7.13. The highest BCUT2D eigenvalue weighted by Gasteiger charge is 2.36. The van der Waals surface area contributed by atoms with Crippen molar-refractivity contribution in [2.45, 2.75) is 72.2 Å². The second-order valence-corrected chi connectivity index (χ2v) is 7.13. The highest BCUT2D eigenvalue weighted by Crippen LogP contribution is 2.30. The van der Waals surface area contributed by atoms with E-state index in [2.05, 4.69) is 19.9 Å². The quantitative estimate of drug-likeness (QED) is 0.431. The van der Waals surface area contributed by atoms with Gasteiger partial charge in [-0.25, -0.2) is 4.79 Å². The van der Waals surface area contributed by atoms with E-state index in [1.807, 2.05) is 26.0 Å². The Balaban J connectivity index is 2.94. The minimum Gasteiger partial charge on any atom is -0.462 e. The molecule has 0 aromatic rings. The summed E-state index contributed by atoms with van der Waals surface area (Å²) in [6.07, 6.45) is 9.03. The van der Waals surface area contributed by atoms with Gasteiger partial charge in [0.05, 0.1) is 6.10 Å². The maximum atomic E-state index is 11.7. The monoisotopic (exact) mass is 366 g/mol. The number of rotatable bonds is 10. The third kappa shape index (κ3) is 6.60. The fourth-order valence-corrected chi connectivity index (χ4v) is 3.70. The summed E-state index contributed by atoms with van der Waals surface area (Å²) in [5, 5.41) is 0. The van der Waals surface area contributed by atoms with E-state index in [-0.39, 0.29) is 48.0 Å². The molecule has 1 heterocycles. The largest absolute Gasteiger partial charge is 0.462 e. The van der Waals surface area contributed by atoms with Gasteiger partial charge in [-0.3, -0.25) is 4.79 Å². The molecule has 1 aliphatic heterocycles. The molecule has 0 unspecified atom stereocenters. The lowest BCUT2D eigenvalue weighted by molar-refractivity contribution is -0.160. The van der Waals surface area contributed by atoms with Gasteiger partial charge in [0.25, 0.3) is 0 Å². The van der Waals surface area contributed by atoms with Gasteiger partial charge < -0.3 is 14.2 Å². The molecule has 0 aromatic heterocycles. The molecule has 0 fully saturated rings. The predicted molar refractivity (Wildman–Crippen MR) is 102 cm³/mol. The van der Waals surface area contributed by atoms with Gasteiger partial charge in [0, 0.05) is 38.4 Å². The fraction of sp³-hybridized carbons (Fsp3) is 0.714. The molecule has 0 radical (unpaired) electrons. The molecule has 0 saturated heterocycles. The number of esters is 2. The van der Waals surface area contributed by atoms with Gasteiger partial charge in [-0.05, 0) is 25.7 Å². The van der Waals surface area contributed by atoms with E-state index in [0.717, 1.165) is 12.8 Å². The molecular weight excluding hydrogens is 332 g/mol. The number of carbonyl (C=O) groups excluding carboxylic acids is 2. The first-order valence-electron chi connectivity index (χ1n) is 9.53.